The summed E-state index contributed by atoms with van der Waals surface area (Å²) < 4.78 is 0. The van der Waals surface area contributed by atoms with Crippen LogP contribution in [0.5, 0.6) is 0 Å². The number of carbonyl (C=O) groups is 1. The van der Waals surface area contributed by atoms with E-state index in [9.17, 15) is 4.79 Å². The summed E-state index contributed by atoms with van der Waals surface area (Å²) in [6.07, 6.45) is 3.16. The Morgan fingerprint density at radius 2 is 2.00 bits per heavy atom. The van der Waals surface area contributed by atoms with E-state index in [1.54, 1.807) is 7.05 Å². The van der Waals surface area contributed by atoms with Crippen LogP contribution >= 0.6 is 0 Å². The topological polar surface area (TPSA) is 58.1 Å². The summed E-state index contributed by atoms with van der Waals surface area (Å²) in [5, 5.41) is 2.78. The molecule has 5 heteroatoms. The second kappa shape index (κ2) is 6.40. The summed E-state index contributed by atoms with van der Waals surface area (Å²) in [6.45, 7) is 3.61. The molecule has 1 fully saturated rings. The lowest BCUT2D eigenvalue weighted by Crippen LogP contribution is -2.48. The molecule has 1 amide bonds. The fraction of sp³-hybridized carbons (Fsp3) is 0.471. The molecule has 0 spiro atoms. The molecule has 5 nitrogen and oxygen atoms in total. The zero-order chi connectivity index (χ0) is 15.5. The van der Waals surface area contributed by atoms with E-state index in [2.05, 4.69) is 15.2 Å². The number of aromatic nitrogens is 2. The van der Waals surface area contributed by atoms with Gasteiger partial charge in [0.15, 0.2) is 0 Å². The van der Waals surface area contributed by atoms with Gasteiger partial charge in [0.1, 0.15) is 0 Å². The summed E-state index contributed by atoms with van der Waals surface area (Å²) >= 11 is 0. The van der Waals surface area contributed by atoms with Crippen molar-refractivity contribution in [3.05, 3.63) is 35.7 Å². The van der Waals surface area contributed by atoms with E-state index in [4.69, 9.17) is 4.98 Å². The molecule has 1 N–H and O–H groups in total. The van der Waals surface area contributed by atoms with Crippen molar-refractivity contribution in [2.24, 2.45) is 0 Å². The molecule has 0 saturated carbocycles. The summed E-state index contributed by atoms with van der Waals surface area (Å²) in [5.74, 6) is 0.103. The minimum atomic E-state index is -0.0496. The second-order valence-electron chi connectivity index (χ2n) is 5.84. The molecule has 1 aromatic carbocycles. The maximum Gasteiger partial charge on any atom is 0.237 e. The molecule has 3 rings (SSSR count). The smallest absolute Gasteiger partial charge is 0.237 e. The number of rotatable bonds is 3. The van der Waals surface area contributed by atoms with Gasteiger partial charge in [-0.25, -0.2) is 9.97 Å². The van der Waals surface area contributed by atoms with E-state index in [-0.39, 0.29) is 11.9 Å². The van der Waals surface area contributed by atoms with Gasteiger partial charge in [-0.2, -0.15) is 0 Å². The average molecular weight is 298 g/mol. The maximum atomic E-state index is 12.1. The average Bonchev–Trinajstić information content (AvgIpc) is 2.55. The second-order valence-corrected chi connectivity index (χ2v) is 5.84. The van der Waals surface area contributed by atoms with E-state index in [0.717, 1.165) is 48.2 Å². The van der Waals surface area contributed by atoms with Crippen LogP contribution in [0.1, 0.15) is 30.7 Å². The van der Waals surface area contributed by atoms with Gasteiger partial charge in [-0.05, 0) is 38.4 Å². The van der Waals surface area contributed by atoms with Crippen molar-refractivity contribution in [3.8, 4) is 0 Å². The summed E-state index contributed by atoms with van der Waals surface area (Å²) in [5.41, 5.74) is 3.75. The number of para-hydroxylation sites is 2. The van der Waals surface area contributed by atoms with Crippen molar-refractivity contribution in [1.29, 1.82) is 0 Å². The molecular weight excluding hydrogens is 276 g/mol. The molecule has 1 aromatic heterocycles. The molecule has 1 aliphatic rings. The van der Waals surface area contributed by atoms with Crippen LogP contribution in [-0.2, 0) is 11.3 Å². The number of nitrogens with one attached hydrogen (secondary N) is 1. The lowest BCUT2D eigenvalue weighted by Gasteiger charge is -2.34. The molecule has 2 aromatic rings. The van der Waals surface area contributed by atoms with Crippen molar-refractivity contribution >= 4 is 16.9 Å². The third kappa shape index (κ3) is 2.95. The molecule has 0 unspecified atom stereocenters. The number of likely N-dealkylation sites (N-methyl/N-ethyl adjacent to an activating group) is 1. The predicted molar refractivity (Wildman–Crippen MR) is 86.4 cm³/mol. The van der Waals surface area contributed by atoms with Crippen LogP contribution in [0, 0.1) is 6.92 Å². The van der Waals surface area contributed by atoms with Gasteiger partial charge < -0.3 is 5.32 Å². The molecule has 0 bridgehead atoms. The van der Waals surface area contributed by atoms with Crippen LogP contribution in [0.4, 0.5) is 0 Å². The number of fused-ring (bicyclic) bond motifs is 1. The number of carbonyl (C=O) groups excluding carboxylic acids is 1. The van der Waals surface area contributed by atoms with E-state index in [0.29, 0.717) is 6.54 Å². The molecule has 0 aliphatic carbocycles. The fourth-order valence-corrected chi connectivity index (χ4v) is 3.11. The Morgan fingerprint density at radius 1 is 1.27 bits per heavy atom. The van der Waals surface area contributed by atoms with E-state index < -0.39 is 0 Å². The number of amides is 1. The summed E-state index contributed by atoms with van der Waals surface area (Å²) in [4.78, 5) is 23.7. The molecule has 2 heterocycles. The number of hydrogen-bond donors (Lipinski definition) is 1. The van der Waals surface area contributed by atoms with Crippen molar-refractivity contribution in [2.75, 3.05) is 13.6 Å². The Labute approximate surface area is 130 Å². The van der Waals surface area contributed by atoms with E-state index >= 15 is 0 Å². The molecule has 116 valence electrons. The number of nitrogens with zero attached hydrogens (tertiary/aromatic N) is 3. The number of hydrogen-bond acceptors (Lipinski definition) is 4. The van der Waals surface area contributed by atoms with Crippen molar-refractivity contribution < 1.29 is 4.79 Å². The quantitative estimate of drug-likeness (QED) is 0.942. The van der Waals surface area contributed by atoms with Crippen LogP contribution < -0.4 is 5.32 Å². The first-order valence-electron chi connectivity index (χ1n) is 7.87. The van der Waals surface area contributed by atoms with Crippen LogP contribution in [0.3, 0.4) is 0 Å². The normalized spacial score (nSPS) is 19.3. The number of benzene rings is 1. The Bertz CT molecular complexity index is 685. The molecule has 22 heavy (non-hydrogen) atoms. The Hall–Kier alpha value is -2.01. The fourth-order valence-electron chi connectivity index (χ4n) is 3.11. The highest BCUT2D eigenvalue weighted by Gasteiger charge is 2.28. The van der Waals surface area contributed by atoms with E-state index in [1.807, 2.05) is 31.2 Å². The summed E-state index contributed by atoms with van der Waals surface area (Å²) in [7, 11) is 1.70. The minimum Gasteiger partial charge on any atom is -0.358 e. The number of aryl methyl sites for hydroxylation is 1. The molecule has 1 saturated heterocycles. The monoisotopic (exact) mass is 298 g/mol. The van der Waals surface area contributed by atoms with Gasteiger partial charge in [0, 0.05) is 13.6 Å². The first-order chi connectivity index (χ1) is 10.7. The lowest BCUT2D eigenvalue weighted by molar-refractivity contribution is -0.127. The van der Waals surface area contributed by atoms with Crippen LogP contribution in [0.15, 0.2) is 24.3 Å². The maximum absolute atomic E-state index is 12.1. The van der Waals surface area contributed by atoms with Gasteiger partial charge >= 0.3 is 0 Å². The van der Waals surface area contributed by atoms with Crippen LogP contribution in [0.25, 0.3) is 11.0 Å². The predicted octanol–water partition coefficient (Wildman–Crippen LogP) is 2.04. The summed E-state index contributed by atoms with van der Waals surface area (Å²) in [6, 6.07) is 7.86. The standard InChI is InChI=1S/C17H22N4O/c1-12-15(20-14-8-4-3-7-13(14)19-12)11-21-10-6-5-9-16(21)17(22)18-2/h3-4,7-8,16H,5-6,9-11H2,1-2H3,(H,18,22)/t16-/m0/s1. The zero-order valence-electron chi connectivity index (χ0n) is 13.2. The highest BCUT2D eigenvalue weighted by atomic mass is 16.2. The van der Waals surface area contributed by atoms with Crippen molar-refractivity contribution in [1.82, 2.24) is 20.2 Å². The SMILES string of the molecule is CNC(=O)[C@@H]1CCCCN1Cc1nc2ccccc2nc1C. The third-order valence-electron chi connectivity index (χ3n) is 4.36. The highest BCUT2D eigenvalue weighted by Crippen LogP contribution is 2.21. The molecular formula is C17H22N4O. The largest absolute Gasteiger partial charge is 0.358 e. The number of piperidine rings is 1. The first-order valence-corrected chi connectivity index (χ1v) is 7.87. The van der Waals surface area contributed by atoms with Gasteiger partial charge in [-0.1, -0.05) is 18.6 Å². The molecule has 1 aliphatic heterocycles. The molecule has 0 radical (unpaired) electrons. The Balaban J connectivity index is 1.87. The Kier molecular flexibility index (Phi) is 4.34. The van der Waals surface area contributed by atoms with Crippen LogP contribution in [-0.4, -0.2) is 40.4 Å². The van der Waals surface area contributed by atoms with Crippen molar-refractivity contribution in [3.63, 3.8) is 0 Å². The minimum absolute atomic E-state index is 0.0496. The van der Waals surface area contributed by atoms with Crippen LogP contribution in [0.2, 0.25) is 0 Å². The zero-order valence-corrected chi connectivity index (χ0v) is 13.2. The van der Waals surface area contributed by atoms with Gasteiger partial charge in [0.25, 0.3) is 0 Å². The highest BCUT2D eigenvalue weighted by molar-refractivity contribution is 5.81. The lowest BCUT2D eigenvalue weighted by atomic mass is 10.0. The molecule has 1 atom stereocenters. The van der Waals surface area contributed by atoms with Gasteiger partial charge in [-0.15, -0.1) is 0 Å². The third-order valence-corrected chi connectivity index (χ3v) is 4.36. The van der Waals surface area contributed by atoms with Gasteiger partial charge in [0.2, 0.25) is 5.91 Å². The van der Waals surface area contributed by atoms with Crippen molar-refractivity contribution in [2.45, 2.75) is 38.8 Å². The van der Waals surface area contributed by atoms with E-state index in [1.165, 1.54) is 0 Å². The Morgan fingerprint density at radius 3 is 2.73 bits per heavy atom. The number of likely N-dealkylation sites (tertiary alicyclic amines) is 1. The first kappa shape index (κ1) is 14.9. The van der Waals surface area contributed by atoms with Gasteiger partial charge in [0.05, 0.1) is 28.5 Å². The van der Waals surface area contributed by atoms with Gasteiger partial charge in [-0.3, -0.25) is 9.69 Å².